The SMILES string of the molecule is CC(=O)OC(CC=C(C)C)C[C@@]1(C)CCC[C@H]2[C@@]3(C)C=CC(=O)[C@@H](C)[C@@H]3[C@H](OC(C)=O)C(=O)[C@@]21C. The highest BCUT2D eigenvalue weighted by molar-refractivity contribution is 5.97. The van der Waals surface area contributed by atoms with E-state index < -0.39 is 40.2 Å². The van der Waals surface area contributed by atoms with E-state index >= 15 is 0 Å². The Morgan fingerprint density at radius 2 is 1.77 bits per heavy atom. The molecular formula is C29H42O6. The molecule has 3 aliphatic rings. The molecule has 2 saturated carbocycles. The molecule has 0 heterocycles. The van der Waals surface area contributed by atoms with Gasteiger partial charge in [0.2, 0.25) is 0 Å². The van der Waals surface area contributed by atoms with Crippen LogP contribution in [0, 0.1) is 34.0 Å². The van der Waals surface area contributed by atoms with Crippen molar-refractivity contribution in [3.63, 3.8) is 0 Å². The lowest BCUT2D eigenvalue weighted by atomic mass is 9.38. The third-order valence-electron chi connectivity index (χ3n) is 9.42. The second-order valence-electron chi connectivity index (χ2n) is 12.0. The second-order valence-corrected chi connectivity index (χ2v) is 12.0. The molecule has 194 valence electrons. The fourth-order valence-electron chi connectivity index (χ4n) is 7.60. The van der Waals surface area contributed by atoms with E-state index in [1.54, 1.807) is 6.08 Å². The van der Waals surface area contributed by atoms with E-state index in [0.29, 0.717) is 12.8 Å². The Bertz CT molecular complexity index is 958. The van der Waals surface area contributed by atoms with Crippen molar-refractivity contribution in [3.05, 3.63) is 23.8 Å². The lowest BCUT2D eigenvalue weighted by Crippen LogP contribution is -2.69. The number of allylic oxidation sites excluding steroid dienone is 3. The number of carbonyl (C=O) groups excluding carboxylic acids is 4. The van der Waals surface area contributed by atoms with Gasteiger partial charge in [-0.25, -0.2) is 0 Å². The average Bonchev–Trinajstić information content (AvgIpc) is 2.74. The smallest absolute Gasteiger partial charge is 0.303 e. The molecule has 6 nitrogen and oxygen atoms in total. The maximum absolute atomic E-state index is 14.4. The average molecular weight is 487 g/mol. The second kappa shape index (κ2) is 9.67. The molecule has 0 N–H and O–H groups in total. The Morgan fingerprint density at radius 3 is 2.34 bits per heavy atom. The van der Waals surface area contributed by atoms with Crippen LogP contribution in [0.2, 0.25) is 0 Å². The monoisotopic (exact) mass is 486 g/mol. The predicted molar refractivity (Wildman–Crippen MR) is 133 cm³/mol. The predicted octanol–water partition coefficient (Wildman–Crippen LogP) is 5.39. The van der Waals surface area contributed by atoms with Crippen LogP contribution in [0.3, 0.4) is 0 Å². The molecular weight excluding hydrogens is 444 g/mol. The number of Topliss-reactive ketones (excluding diaryl/α,β-unsaturated/α-hetero) is 1. The zero-order valence-electron chi connectivity index (χ0n) is 22.6. The molecule has 8 atom stereocenters. The molecule has 3 rings (SSSR count). The summed E-state index contributed by atoms with van der Waals surface area (Å²) in [6.07, 6.45) is 8.11. The summed E-state index contributed by atoms with van der Waals surface area (Å²) in [5.41, 5.74) is -0.628. The zero-order chi connectivity index (χ0) is 26.3. The fraction of sp³-hybridized carbons (Fsp3) is 0.724. The number of esters is 2. The molecule has 0 aromatic heterocycles. The Hall–Kier alpha value is -2.24. The van der Waals surface area contributed by atoms with Crippen LogP contribution in [-0.4, -0.2) is 35.7 Å². The van der Waals surface area contributed by atoms with E-state index in [0.717, 1.165) is 24.8 Å². The molecule has 0 radical (unpaired) electrons. The minimum absolute atomic E-state index is 0.0220. The van der Waals surface area contributed by atoms with E-state index in [1.807, 2.05) is 33.8 Å². The number of fused-ring (bicyclic) bond motifs is 3. The summed E-state index contributed by atoms with van der Waals surface area (Å²) in [5, 5.41) is 0. The summed E-state index contributed by atoms with van der Waals surface area (Å²) in [5.74, 6) is -1.81. The molecule has 6 heteroatoms. The first kappa shape index (κ1) is 27.3. The third kappa shape index (κ3) is 4.65. The quantitative estimate of drug-likeness (QED) is 0.370. The molecule has 2 fully saturated rings. The van der Waals surface area contributed by atoms with Crippen molar-refractivity contribution in [2.75, 3.05) is 0 Å². The third-order valence-corrected chi connectivity index (χ3v) is 9.42. The van der Waals surface area contributed by atoms with Gasteiger partial charge in [-0.05, 0) is 55.9 Å². The highest BCUT2D eigenvalue weighted by Gasteiger charge is 2.70. The summed E-state index contributed by atoms with van der Waals surface area (Å²) < 4.78 is 11.5. The number of ether oxygens (including phenoxy) is 2. The van der Waals surface area contributed by atoms with Gasteiger partial charge in [0.25, 0.3) is 0 Å². The minimum atomic E-state index is -0.981. The van der Waals surface area contributed by atoms with E-state index in [4.69, 9.17) is 9.47 Å². The topological polar surface area (TPSA) is 86.7 Å². The van der Waals surface area contributed by atoms with Gasteiger partial charge in [0, 0.05) is 37.5 Å². The first-order valence-corrected chi connectivity index (χ1v) is 12.9. The van der Waals surface area contributed by atoms with Crippen molar-refractivity contribution in [3.8, 4) is 0 Å². The molecule has 0 aromatic carbocycles. The summed E-state index contributed by atoms with van der Waals surface area (Å²) >= 11 is 0. The number of ketones is 2. The molecule has 0 amide bonds. The van der Waals surface area contributed by atoms with Gasteiger partial charge >= 0.3 is 11.9 Å². The zero-order valence-corrected chi connectivity index (χ0v) is 22.6. The summed E-state index contributed by atoms with van der Waals surface area (Å²) in [4.78, 5) is 51.2. The molecule has 0 aliphatic heterocycles. The van der Waals surface area contributed by atoms with Crippen molar-refractivity contribution >= 4 is 23.5 Å². The van der Waals surface area contributed by atoms with E-state index in [2.05, 4.69) is 19.9 Å². The molecule has 0 aromatic rings. The van der Waals surface area contributed by atoms with E-state index in [1.165, 1.54) is 13.8 Å². The van der Waals surface area contributed by atoms with Gasteiger partial charge < -0.3 is 9.47 Å². The van der Waals surface area contributed by atoms with Crippen molar-refractivity contribution in [2.45, 2.75) is 99.7 Å². The maximum atomic E-state index is 14.4. The van der Waals surface area contributed by atoms with Crippen LogP contribution in [0.4, 0.5) is 0 Å². The largest absolute Gasteiger partial charge is 0.462 e. The number of rotatable bonds is 6. The standard InChI is InChI=1S/C29H42O6/c1-17(2)11-12-21(34-19(4)30)16-27(6)14-9-10-23-28(7)15-13-22(32)18(3)24(28)25(35-20(5)31)26(33)29(23,27)8/h11,13,15,18,21,23-25H,9-10,12,14,16H2,1-8H3/t18-,21?,23+,24-,25+,27-,28-,29-/m1/s1. The van der Waals surface area contributed by atoms with Crippen LogP contribution in [0.25, 0.3) is 0 Å². The Balaban J connectivity index is 2.13. The molecule has 35 heavy (non-hydrogen) atoms. The lowest BCUT2D eigenvalue weighted by Gasteiger charge is -2.65. The number of carbonyl (C=O) groups is 4. The van der Waals surface area contributed by atoms with Crippen LogP contribution >= 0.6 is 0 Å². The van der Waals surface area contributed by atoms with Gasteiger partial charge in [0.15, 0.2) is 17.7 Å². The van der Waals surface area contributed by atoms with Crippen molar-refractivity contribution in [2.24, 2.45) is 34.0 Å². The van der Waals surface area contributed by atoms with Gasteiger partial charge in [-0.2, -0.15) is 0 Å². The maximum Gasteiger partial charge on any atom is 0.303 e. The van der Waals surface area contributed by atoms with Gasteiger partial charge in [0.1, 0.15) is 6.10 Å². The van der Waals surface area contributed by atoms with Crippen molar-refractivity contribution < 1.29 is 28.7 Å². The highest BCUT2D eigenvalue weighted by Crippen LogP contribution is 2.68. The van der Waals surface area contributed by atoms with Crippen LogP contribution in [0.1, 0.15) is 87.5 Å². The normalized spacial score (nSPS) is 39.2. The molecule has 0 saturated heterocycles. The van der Waals surface area contributed by atoms with Gasteiger partial charge in [-0.1, -0.05) is 51.8 Å². The van der Waals surface area contributed by atoms with Crippen molar-refractivity contribution in [1.82, 2.24) is 0 Å². The van der Waals surface area contributed by atoms with Gasteiger partial charge in [0.05, 0.1) is 0 Å². The number of hydrogen-bond donors (Lipinski definition) is 0. The first-order chi connectivity index (χ1) is 16.2. The van der Waals surface area contributed by atoms with Gasteiger partial charge in [-0.15, -0.1) is 0 Å². The molecule has 3 aliphatic carbocycles. The molecule has 1 unspecified atom stereocenters. The highest BCUT2D eigenvalue weighted by atomic mass is 16.5. The van der Waals surface area contributed by atoms with Crippen LogP contribution < -0.4 is 0 Å². The minimum Gasteiger partial charge on any atom is -0.462 e. The molecule has 0 spiro atoms. The summed E-state index contributed by atoms with van der Waals surface area (Å²) in [7, 11) is 0. The first-order valence-electron chi connectivity index (χ1n) is 12.9. The van der Waals surface area contributed by atoms with Crippen LogP contribution in [-0.2, 0) is 28.7 Å². The van der Waals surface area contributed by atoms with Gasteiger partial charge in [-0.3, -0.25) is 19.2 Å². The summed E-state index contributed by atoms with van der Waals surface area (Å²) in [6.45, 7) is 14.9. The lowest BCUT2D eigenvalue weighted by molar-refractivity contribution is -0.206. The van der Waals surface area contributed by atoms with Crippen LogP contribution in [0.15, 0.2) is 23.8 Å². The number of hydrogen-bond acceptors (Lipinski definition) is 6. The van der Waals surface area contributed by atoms with E-state index in [-0.39, 0.29) is 29.6 Å². The molecule has 0 bridgehead atoms. The Morgan fingerprint density at radius 1 is 1.11 bits per heavy atom. The Labute approximate surface area is 209 Å². The van der Waals surface area contributed by atoms with E-state index in [9.17, 15) is 19.2 Å². The summed E-state index contributed by atoms with van der Waals surface area (Å²) in [6, 6.07) is 0. The van der Waals surface area contributed by atoms with Crippen LogP contribution in [0.5, 0.6) is 0 Å². The van der Waals surface area contributed by atoms with Crippen molar-refractivity contribution in [1.29, 1.82) is 0 Å². The Kier molecular flexibility index (Phi) is 7.55. The fourth-order valence-corrected chi connectivity index (χ4v) is 7.60.